The number of H-pyrrole nitrogens is 1. The summed E-state index contributed by atoms with van der Waals surface area (Å²) in [4.78, 5) is 6.91. The molecule has 2 N–H and O–H groups in total. The topological polar surface area (TPSA) is 74.8 Å². The molecule has 0 fully saturated rings. The Morgan fingerprint density at radius 2 is 2.33 bits per heavy atom. The van der Waals surface area contributed by atoms with Crippen molar-refractivity contribution < 1.29 is 8.42 Å². The molecule has 0 unspecified atom stereocenters. The van der Waals surface area contributed by atoms with Crippen molar-refractivity contribution >= 4 is 48.9 Å². The third-order valence-electron chi connectivity index (χ3n) is 2.10. The number of aromatic amines is 1. The first-order valence-corrected chi connectivity index (χ1v) is 8.39. The third-order valence-corrected chi connectivity index (χ3v) is 6.51. The standard InChI is InChI=1S/C9H9BrClN3O2S2/c10-9-6(11)5-8(17-9)18(15,16)14-2-1-7-12-3-4-13-7/h3-5,14H,1-2H2,(H,12,13). The first-order chi connectivity index (χ1) is 8.49. The molecule has 9 heteroatoms. The Morgan fingerprint density at radius 1 is 1.56 bits per heavy atom. The van der Waals surface area contributed by atoms with Gasteiger partial charge in [-0.15, -0.1) is 11.3 Å². The number of aromatic nitrogens is 2. The summed E-state index contributed by atoms with van der Waals surface area (Å²) < 4.78 is 27.1. The molecule has 18 heavy (non-hydrogen) atoms. The van der Waals surface area contributed by atoms with Crippen LogP contribution in [-0.4, -0.2) is 24.9 Å². The van der Waals surface area contributed by atoms with E-state index in [1.54, 1.807) is 12.4 Å². The average Bonchev–Trinajstić information content (AvgIpc) is 2.90. The van der Waals surface area contributed by atoms with E-state index in [1.165, 1.54) is 6.07 Å². The predicted octanol–water partition coefficient (Wildman–Crippen LogP) is 2.41. The molecule has 0 atom stereocenters. The lowest BCUT2D eigenvalue weighted by Crippen LogP contribution is -2.25. The van der Waals surface area contributed by atoms with Crippen LogP contribution in [-0.2, 0) is 16.4 Å². The van der Waals surface area contributed by atoms with Crippen molar-refractivity contribution in [2.45, 2.75) is 10.6 Å². The van der Waals surface area contributed by atoms with Crippen molar-refractivity contribution in [1.29, 1.82) is 0 Å². The first kappa shape index (κ1) is 14.0. The summed E-state index contributed by atoms with van der Waals surface area (Å²) in [7, 11) is -3.50. The van der Waals surface area contributed by atoms with E-state index in [2.05, 4.69) is 30.6 Å². The molecule has 2 aromatic rings. The Labute approximate surface area is 122 Å². The number of hydrogen-bond acceptors (Lipinski definition) is 4. The summed E-state index contributed by atoms with van der Waals surface area (Å²) in [6.45, 7) is 0.281. The fourth-order valence-electron chi connectivity index (χ4n) is 1.27. The molecule has 0 bridgehead atoms. The van der Waals surface area contributed by atoms with Gasteiger partial charge in [-0.2, -0.15) is 0 Å². The Bertz CT molecular complexity index is 605. The van der Waals surface area contributed by atoms with Gasteiger partial charge in [0.05, 0.1) is 8.81 Å². The number of nitrogens with zero attached hydrogens (tertiary/aromatic N) is 1. The van der Waals surface area contributed by atoms with Crippen molar-refractivity contribution in [3.05, 3.63) is 33.1 Å². The van der Waals surface area contributed by atoms with Crippen molar-refractivity contribution in [2.75, 3.05) is 6.54 Å². The molecule has 0 aliphatic heterocycles. The predicted molar refractivity (Wildman–Crippen MR) is 74.5 cm³/mol. The fourth-order valence-corrected chi connectivity index (χ4v) is 4.74. The molecule has 0 saturated carbocycles. The maximum absolute atomic E-state index is 11.9. The fraction of sp³-hybridized carbons (Fsp3) is 0.222. The van der Waals surface area contributed by atoms with Gasteiger partial charge in [-0.25, -0.2) is 18.1 Å². The second-order valence-electron chi connectivity index (χ2n) is 3.37. The van der Waals surface area contributed by atoms with Gasteiger partial charge >= 0.3 is 0 Å². The van der Waals surface area contributed by atoms with Crippen LogP contribution in [0.15, 0.2) is 26.5 Å². The number of nitrogens with one attached hydrogen (secondary N) is 2. The molecule has 2 aromatic heterocycles. The minimum absolute atomic E-state index is 0.193. The van der Waals surface area contributed by atoms with Crippen LogP contribution in [0.2, 0.25) is 5.02 Å². The maximum atomic E-state index is 11.9. The average molecular weight is 371 g/mol. The Hall–Kier alpha value is -0.410. The zero-order chi connectivity index (χ0) is 13.2. The van der Waals surface area contributed by atoms with Crippen LogP contribution in [0.3, 0.4) is 0 Å². The van der Waals surface area contributed by atoms with Gasteiger partial charge in [-0.1, -0.05) is 11.6 Å². The van der Waals surface area contributed by atoms with Crippen LogP contribution in [0.4, 0.5) is 0 Å². The van der Waals surface area contributed by atoms with E-state index in [-0.39, 0.29) is 10.8 Å². The van der Waals surface area contributed by atoms with E-state index in [0.717, 1.165) is 17.2 Å². The Balaban J connectivity index is 1.99. The second-order valence-corrected chi connectivity index (χ2v) is 8.14. The normalized spacial score (nSPS) is 11.9. The molecular formula is C9H9BrClN3O2S2. The van der Waals surface area contributed by atoms with Crippen molar-refractivity contribution in [2.24, 2.45) is 0 Å². The zero-order valence-electron chi connectivity index (χ0n) is 8.98. The summed E-state index contributed by atoms with van der Waals surface area (Å²) >= 11 is 10.1. The summed E-state index contributed by atoms with van der Waals surface area (Å²) in [6.07, 6.45) is 3.83. The minimum Gasteiger partial charge on any atom is -0.349 e. The number of hydrogen-bond donors (Lipinski definition) is 2. The van der Waals surface area contributed by atoms with Crippen molar-refractivity contribution in [3.8, 4) is 0 Å². The molecule has 0 aliphatic rings. The van der Waals surface area contributed by atoms with Gasteiger partial charge in [-0.3, -0.25) is 0 Å². The van der Waals surface area contributed by atoms with Crippen LogP contribution in [0.5, 0.6) is 0 Å². The molecule has 0 saturated heterocycles. The molecule has 0 spiro atoms. The first-order valence-electron chi connectivity index (χ1n) is 4.92. The smallest absolute Gasteiger partial charge is 0.250 e. The number of halogens is 2. The van der Waals surface area contributed by atoms with Crippen LogP contribution >= 0.6 is 38.9 Å². The summed E-state index contributed by atoms with van der Waals surface area (Å²) in [5, 5.41) is 0.395. The molecule has 0 aromatic carbocycles. The number of rotatable bonds is 5. The highest BCUT2D eigenvalue weighted by Crippen LogP contribution is 2.34. The van der Waals surface area contributed by atoms with E-state index in [0.29, 0.717) is 15.2 Å². The summed E-state index contributed by atoms with van der Waals surface area (Å²) in [5.74, 6) is 0.739. The molecule has 2 rings (SSSR count). The second kappa shape index (κ2) is 5.70. The Kier molecular flexibility index (Phi) is 4.44. The molecule has 0 aliphatic carbocycles. The van der Waals surface area contributed by atoms with E-state index in [9.17, 15) is 8.42 Å². The monoisotopic (exact) mass is 369 g/mol. The number of imidazole rings is 1. The highest BCUT2D eigenvalue weighted by Gasteiger charge is 2.18. The molecule has 98 valence electrons. The van der Waals surface area contributed by atoms with E-state index < -0.39 is 10.0 Å². The molecule has 0 amide bonds. The van der Waals surface area contributed by atoms with Crippen LogP contribution in [0, 0.1) is 0 Å². The Morgan fingerprint density at radius 3 is 2.89 bits per heavy atom. The highest BCUT2D eigenvalue weighted by molar-refractivity contribution is 9.11. The van der Waals surface area contributed by atoms with Gasteiger partial charge in [0.15, 0.2) is 0 Å². The van der Waals surface area contributed by atoms with Gasteiger partial charge in [0.1, 0.15) is 10.0 Å². The molecular weight excluding hydrogens is 362 g/mol. The van der Waals surface area contributed by atoms with Crippen molar-refractivity contribution in [3.63, 3.8) is 0 Å². The van der Waals surface area contributed by atoms with Crippen LogP contribution < -0.4 is 4.72 Å². The van der Waals surface area contributed by atoms with Gasteiger partial charge in [0.2, 0.25) is 10.0 Å². The molecule has 0 radical (unpaired) electrons. The lowest BCUT2D eigenvalue weighted by atomic mass is 10.4. The number of sulfonamides is 1. The largest absolute Gasteiger partial charge is 0.349 e. The quantitative estimate of drug-likeness (QED) is 0.848. The van der Waals surface area contributed by atoms with Gasteiger partial charge in [-0.05, 0) is 22.0 Å². The SMILES string of the molecule is O=S(=O)(NCCc1ncc[nH]1)c1cc(Cl)c(Br)s1. The van der Waals surface area contributed by atoms with Gasteiger partial charge in [0.25, 0.3) is 0 Å². The maximum Gasteiger partial charge on any atom is 0.250 e. The summed E-state index contributed by atoms with van der Waals surface area (Å²) in [6, 6.07) is 1.42. The van der Waals surface area contributed by atoms with E-state index >= 15 is 0 Å². The number of thiophene rings is 1. The summed E-state index contributed by atoms with van der Waals surface area (Å²) in [5.41, 5.74) is 0. The van der Waals surface area contributed by atoms with Crippen LogP contribution in [0.1, 0.15) is 5.82 Å². The molecule has 5 nitrogen and oxygen atoms in total. The highest BCUT2D eigenvalue weighted by atomic mass is 79.9. The van der Waals surface area contributed by atoms with Crippen molar-refractivity contribution in [1.82, 2.24) is 14.7 Å². The zero-order valence-corrected chi connectivity index (χ0v) is 13.0. The van der Waals surface area contributed by atoms with E-state index in [1.807, 2.05) is 0 Å². The van der Waals surface area contributed by atoms with E-state index in [4.69, 9.17) is 11.6 Å². The van der Waals surface area contributed by atoms with Crippen LogP contribution in [0.25, 0.3) is 0 Å². The molecule has 2 heterocycles. The lowest BCUT2D eigenvalue weighted by Gasteiger charge is -2.02. The minimum atomic E-state index is -3.50. The van der Waals surface area contributed by atoms with Gasteiger partial charge < -0.3 is 4.98 Å². The van der Waals surface area contributed by atoms with Gasteiger partial charge in [0, 0.05) is 25.4 Å². The third kappa shape index (κ3) is 3.33. The lowest BCUT2D eigenvalue weighted by molar-refractivity contribution is 0.583.